The van der Waals surface area contributed by atoms with Crippen molar-refractivity contribution in [3.63, 3.8) is 0 Å². The van der Waals surface area contributed by atoms with Crippen LogP contribution in [0.4, 0.5) is 0 Å². The second-order valence-electron chi connectivity index (χ2n) is 3.39. The van der Waals surface area contributed by atoms with E-state index < -0.39 is 12.4 Å². The highest BCUT2D eigenvalue weighted by atomic mass is 16.6. The van der Waals surface area contributed by atoms with Gasteiger partial charge in [0.1, 0.15) is 6.10 Å². The summed E-state index contributed by atoms with van der Waals surface area (Å²) in [6.07, 6.45) is -0.253. The van der Waals surface area contributed by atoms with E-state index in [2.05, 4.69) is 6.58 Å². The van der Waals surface area contributed by atoms with Crippen LogP contribution >= 0.6 is 0 Å². The molecule has 0 aromatic heterocycles. The normalized spacial score (nSPS) is 14.6. The lowest BCUT2D eigenvalue weighted by Crippen LogP contribution is -2.25. The molecule has 1 aromatic carbocycles. The van der Waals surface area contributed by atoms with Gasteiger partial charge in [0.2, 0.25) is 0 Å². The molecule has 0 aliphatic carbocycles. The van der Waals surface area contributed by atoms with E-state index in [4.69, 9.17) is 9.84 Å². The standard InChI is InChI=1S/C12H16O3/c1-3-10-4-6-11(7-5-10)8-15-12(14)9(2)13/h3-7,9,12-14H,1,8H2,2H3. The maximum Gasteiger partial charge on any atom is 0.180 e. The van der Waals surface area contributed by atoms with E-state index >= 15 is 0 Å². The summed E-state index contributed by atoms with van der Waals surface area (Å²) in [6, 6.07) is 7.62. The summed E-state index contributed by atoms with van der Waals surface area (Å²) in [5.41, 5.74) is 1.98. The fraction of sp³-hybridized carbons (Fsp3) is 0.333. The Balaban J connectivity index is 2.47. The Labute approximate surface area is 89.6 Å². The van der Waals surface area contributed by atoms with Crippen molar-refractivity contribution in [2.45, 2.75) is 25.9 Å². The van der Waals surface area contributed by atoms with Crippen molar-refractivity contribution < 1.29 is 14.9 Å². The number of benzene rings is 1. The Morgan fingerprint density at radius 2 is 1.93 bits per heavy atom. The topological polar surface area (TPSA) is 49.7 Å². The average Bonchev–Trinajstić information content (AvgIpc) is 2.26. The van der Waals surface area contributed by atoms with Gasteiger partial charge in [-0.25, -0.2) is 0 Å². The second-order valence-corrected chi connectivity index (χ2v) is 3.39. The van der Waals surface area contributed by atoms with Crippen molar-refractivity contribution in [3.8, 4) is 0 Å². The Morgan fingerprint density at radius 1 is 1.33 bits per heavy atom. The summed E-state index contributed by atoms with van der Waals surface area (Å²) in [7, 11) is 0. The van der Waals surface area contributed by atoms with Crippen LogP contribution in [0.5, 0.6) is 0 Å². The van der Waals surface area contributed by atoms with E-state index in [0.717, 1.165) is 11.1 Å². The van der Waals surface area contributed by atoms with Gasteiger partial charge in [0, 0.05) is 0 Å². The van der Waals surface area contributed by atoms with Gasteiger partial charge in [0.05, 0.1) is 6.61 Å². The first-order valence-corrected chi connectivity index (χ1v) is 4.82. The summed E-state index contributed by atoms with van der Waals surface area (Å²) < 4.78 is 5.04. The fourth-order valence-electron chi connectivity index (χ4n) is 1.07. The predicted molar refractivity (Wildman–Crippen MR) is 59.0 cm³/mol. The smallest absolute Gasteiger partial charge is 0.180 e. The molecule has 2 atom stereocenters. The first-order chi connectivity index (χ1) is 7.13. The third-order valence-corrected chi connectivity index (χ3v) is 2.05. The van der Waals surface area contributed by atoms with E-state index in [-0.39, 0.29) is 6.61 Å². The highest BCUT2D eigenvalue weighted by molar-refractivity contribution is 5.47. The molecule has 0 spiro atoms. The Bertz CT molecular complexity index is 303. The number of hydrogen-bond donors (Lipinski definition) is 2. The Hall–Kier alpha value is -1.16. The molecule has 2 unspecified atom stereocenters. The summed E-state index contributed by atoms with van der Waals surface area (Å²) in [5.74, 6) is 0. The molecule has 3 heteroatoms. The maximum atomic E-state index is 9.20. The first kappa shape index (κ1) is 11.9. The summed E-state index contributed by atoms with van der Waals surface area (Å²) in [5, 5.41) is 18.2. The van der Waals surface area contributed by atoms with Gasteiger partial charge >= 0.3 is 0 Å². The van der Waals surface area contributed by atoms with Crippen LogP contribution in [0.15, 0.2) is 30.8 Å². The quantitative estimate of drug-likeness (QED) is 0.722. The highest BCUT2D eigenvalue weighted by Crippen LogP contribution is 2.08. The van der Waals surface area contributed by atoms with E-state index in [1.807, 2.05) is 24.3 Å². The minimum atomic E-state index is -1.14. The van der Waals surface area contributed by atoms with E-state index in [9.17, 15) is 5.11 Å². The fourth-order valence-corrected chi connectivity index (χ4v) is 1.07. The van der Waals surface area contributed by atoms with Crippen molar-refractivity contribution in [2.24, 2.45) is 0 Å². The number of aliphatic hydroxyl groups excluding tert-OH is 2. The zero-order valence-corrected chi connectivity index (χ0v) is 8.76. The number of ether oxygens (including phenoxy) is 1. The summed E-state index contributed by atoms with van der Waals surface area (Å²) in [4.78, 5) is 0. The average molecular weight is 208 g/mol. The number of rotatable bonds is 5. The van der Waals surface area contributed by atoms with Gasteiger partial charge in [-0.3, -0.25) is 0 Å². The zero-order valence-electron chi connectivity index (χ0n) is 8.76. The van der Waals surface area contributed by atoms with Gasteiger partial charge in [-0.15, -0.1) is 0 Å². The Kier molecular flexibility index (Phi) is 4.49. The van der Waals surface area contributed by atoms with Crippen LogP contribution in [0.3, 0.4) is 0 Å². The van der Waals surface area contributed by atoms with Crippen LogP contribution in [-0.2, 0) is 11.3 Å². The van der Waals surface area contributed by atoms with Gasteiger partial charge in [0.15, 0.2) is 6.29 Å². The van der Waals surface area contributed by atoms with Crippen molar-refractivity contribution >= 4 is 6.08 Å². The van der Waals surface area contributed by atoms with Crippen LogP contribution < -0.4 is 0 Å². The molecule has 0 fully saturated rings. The monoisotopic (exact) mass is 208 g/mol. The maximum absolute atomic E-state index is 9.20. The van der Waals surface area contributed by atoms with Gasteiger partial charge < -0.3 is 14.9 Å². The Morgan fingerprint density at radius 3 is 2.40 bits per heavy atom. The van der Waals surface area contributed by atoms with Gasteiger partial charge in [-0.05, 0) is 18.1 Å². The number of aliphatic hydroxyl groups is 2. The van der Waals surface area contributed by atoms with E-state index in [1.165, 1.54) is 6.92 Å². The molecular formula is C12H16O3. The molecule has 2 N–H and O–H groups in total. The van der Waals surface area contributed by atoms with Crippen molar-refractivity contribution in [1.82, 2.24) is 0 Å². The van der Waals surface area contributed by atoms with Gasteiger partial charge in [-0.1, -0.05) is 36.9 Å². The van der Waals surface area contributed by atoms with Gasteiger partial charge in [0.25, 0.3) is 0 Å². The molecule has 3 nitrogen and oxygen atoms in total. The molecule has 0 heterocycles. The molecule has 0 bridgehead atoms. The van der Waals surface area contributed by atoms with Gasteiger partial charge in [-0.2, -0.15) is 0 Å². The van der Waals surface area contributed by atoms with E-state index in [1.54, 1.807) is 6.08 Å². The third kappa shape index (κ3) is 3.83. The van der Waals surface area contributed by atoms with Crippen LogP contribution in [0, 0.1) is 0 Å². The summed E-state index contributed by atoms with van der Waals surface area (Å²) >= 11 is 0. The highest BCUT2D eigenvalue weighted by Gasteiger charge is 2.10. The molecule has 0 radical (unpaired) electrons. The molecule has 1 aromatic rings. The largest absolute Gasteiger partial charge is 0.388 e. The molecule has 0 saturated carbocycles. The van der Waals surface area contributed by atoms with Crippen LogP contribution in [-0.4, -0.2) is 22.6 Å². The molecular weight excluding hydrogens is 192 g/mol. The summed E-state index contributed by atoms with van der Waals surface area (Å²) in [6.45, 7) is 5.41. The van der Waals surface area contributed by atoms with Crippen molar-refractivity contribution in [3.05, 3.63) is 42.0 Å². The molecule has 82 valence electrons. The predicted octanol–water partition coefficient (Wildman–Crippen LogP) is 1.55. The molecule has 15 heavy (non-hydrogen) atoms. The van der Waals surface area contributed by atoms with E-state index in [0.29, 0.717) is 0 Å². The SMILES string of the molecule is C=Cc1ccc(COC(O)C(C)O)cc1. The lowest BCUT2D eigenvalue weighted by atomic mass is 10.1. The molecule has 0 aliphatic heterocycles. The number of hydrogen-bond acceptors (Lipinski definition) is 3. The lowest BCUT2D eigenvalue weighted by molar-refractivity contribution is -0.162. The zero-order chi connectivity index (χ0) is 11.3. The lowest BCUT2D eigenvalue weighted by Gasteiger charge is -2.14. The van der Waals surface area contributed by atoms with Crippen LogP contribution in [0.2, 0.25) is 0 Å². The molecule has 0 amide bonds. The third-order valence-electron chi connectivity index (χ3n) is 2.05. The van der Waals surface area contributed by atoms with Crippen molar-refractivity contribution in [2.75, 3.05) is 0 Å². The minimum Gasteiger partial charge on any atom is -0.388 e. The second kappa shape index (κ2) is 5.66. The molecule has 0 saturated heterocycles. The molecule has 0 aliphatic rings. The minimum absolute atomic E-state index is 0.281. The van der Waals surface area contributed by atoms with Crippen LogP contribution in [0.25, 0.3) is 6.08 Å². The first-order valence-electron chi connectivity index (χ1n) is 4.82. The van der Waals surface area contributed by atoms with Crippen molar-refractivity contribution in [1.29, 1.82) is 0 Å². The molecule has 1 rings (SSSR count). The van der Waals surface area contributed by atoms with Crippen LogP contribution in [0.1, 0.15) is 18.1 Å².